The number of aromatic nitrogens is 2. The SMILES string of the molecule is O=C(NNc1cnccn1)Nc1ccc(F)cc1. The molecule has 0 saturated heterocycles. The average Bonchev–Trinajstić information content (AvgIpc) is 2.40. The van der Waals surface area contributed by atoms with E-state index in [-0.39, 0.29) is 5.82 Å². The highest BCUT2D eigenvalue weighted by Gasteiger charge is 2.01. The summed E-state index contributed by atoms with van der Waals surface area (Å²) in [6, 6.07) is 4.93. The molecule has 0 fully saturated rings. The Morgan fingerprint density at radius 3 is 2.61 bits per heavy atom. The second-order valence-electron chi connectivity index (χ2n) is 3.30. The van der Waals surface area contributed by atoms with Gasteiger partial charge in [-0.25, -0.2) is 19.6 Å². The first kappa shape index (κ1) is 11.8. The van der Waals surface area contributed by atoms with Crippen LogP contribution in [0.2, 0.25) is 0 Å². The molecule has 1 aromatic carbocycles. The molecule has 1 heterocycles. The summed E-state index contributed by atoms with van der Waals surface area (Å²) in [5, 5.41) is 2.51. The Morgan fingerprint density at radius 1 is 1.17 bits per heavy atom. The topological polar surface area (TPSA) is 78.9 Å². The fourth-order valence-electron chi connectivity index (χ4n) is 1.18. The number of anilines is 2. The van der Waals surface area contributed by atoms with Gasteiger partial charge in [0.25, 0.3) is 0 Å². The zero-order valence-corrected chi connectivity index (χ0v) is 9.22. The van der Waals surface area contributed by atoms with E-state index in [1.54, 1.807) is 0 Å². The van der Waals surface area contributed by atoms with Crippen LogP contribution in [0.15, 0.2) is 42.9 Å². The van der Waals surface area contributed by atoms with Crippen molar-refractivity contribution in [2.24, 2.45) is 0 Å². The monoisotopic (exact) mass is 247 g/mol. The smallest absolute Gasteiger partial charge is 0.307 e. The zero-order chi connectivity index (χ0) is 12.8. The Hall–Kier alpha value is -2.70. The minimum atomic E-state index is -0.493. The van der Waals surface area contributed by atoms with Crippen LogP contribution in [0, 0.1) is 5.82 Å². The molecular formula is C11H10FN5O. The fraction of sp³-hybridized carbons (Fsp3) is 0. The molecule has 0 aliphatic carbocycles. The van der Waals surface area contributed by atoms with Crippen LogP contribution in [-0.2, 0) is 0 Å². The van der Waals surface area contributed by atoms with Crippen molar-refractivity contribution < 1.29 is 9.18 Å². The second-order valence-corrected chi connectivity index (χ2v) is 3.30. The van der Waals surface area contributed by atoms with E-state index in [1.807, 2.05) is 0 Å². The number of carbonyl (C=O) groups excluding carboxylic acids is 1. The molecule has 0 bridgehead atoms. The maximum Gasteiger partial charge on any atom is 0.337 e. The third kappa shape index (κ3) is 3.41. The summed E-state index contributed by atoms with van der Waals surface area (Å²) in [5.41, 5.74) is 5.41. The van der Waals surface area contributed by atoms with Gasteiger partial charge in [-0.15, -0.1) is 0 Å². The number of hydrogen-bond donors (Lipinski definition) is 3. The van der Waals surface area contributed by atoms with E-state index in [2.05, 4.69) is 26.1 Å². The maximum atomic E-state index is 12.6. The molecule has 0 unspecified atom stereocenters. The molecule has 2 aromatic rings. The quantitative estimate of drug-likeness (QED) is 0.722. The molecule has 0 aliphatic rings. The molecule has 18 heavy (non-hydrogen) atoms. The van der Waals surface area contributed by atoms with E-state index in [0.29, 0.717) is 11.5 Å². The summed E-state index contributed by atoms with van der Waals surface area (Å²) in [7, 11) is 0. The van der Waals surface area contributed by atoms with Crippen LogP contribution in [0.3, 0.4) is 0 Å². The van der Waals surface area contributed by atoms with Gasteiger partial charge in [0.2, 0.25) is 0 Å². The molecular weight excluding hydrogens is 237 g/mol. The molecule has 0 radical (unpaired) electrons. The van der Waals surface area contributed by atoms with Crippen molar-refractivity contribution in [3.05, 3.63) is 48.7 Å². The molecule has 2 rings (SSSR count). The number of carbonyl (C=O) groups is 1. The van der Waals surface area contributed by atoms with E-state index >= 15 is 0 Å². The first-order chi connectivity index (χ1) is 8.74. The van der Waals surface area contributed by atoms with Crippen molar-refractivity contribution in [1.29, 1.82) is 0 Å². The number of benzene rings is 1. The molecule has 7 heteroatoms. The highest BCUT2D eigenvalue weighted by atomic mass is 19.1. The minimum absolute atomic E-state index is 0.362. The Morgan fingerprint density at radius 2 is 1.94 bits per heavy atom. The third-order valence-electron chi connectivity index (χ3n) is 1.97. The lowest BCUT2D eigenvalue weighted by atomic mass is 10.3. The number of rotatable bonds is 3. The summed E-state index contributed by atoms with van der Waals surface area (Å²) < 4.78 is 12.6. The van der Waals surface area contributed by atoms with Gasteiger partial charge in [-0.05, 0) is 24.3 Å². The number of hydrogen-bond acceptors (Lipinski definition) is 4. The lowest BCUT2D eigenvalue weighted by Gasteiger charge is -2.08. The van der Waals surface area contributed by atoms with Crippen LogP contribution >= 0.6 is 0 Å². The Labute approximate surface area is 102 Å². The van der Waals surface area contributed by atoms with Gasteiger partial charge in [0.1, 0.15) is 5.82 Å². The molecule has 0 atom stereocenters. The van der Waals surface area contributed by atoms with E-state index in [9.17, 15) is 9.18 Å². The number of hydrazine groups is 1. The minimum Gasteiger partial charge on any atom is -0.307 e. The number of nitrogens with zero attached hydrogens (tertiary/aromatic N) is 2. The lowest BCUT2D eigenvalue weighted by Crippen LogP contribution is -2.33. The standard InChI is InChI=1S/C11H10FN5O/c12-8-1-3-9(4-2-8)15-11(18)17-16-10-7-13-5-6-14-10/h1-7H,(H,14,16)(H2,15,17,18). The second kappa shape index (κ2) is 5.58. The molecule has 0 aliphatic heterocycles. The molecule has 0 spiro atoms. The van der Waals surface area contributed by atoms with Crippen LogP contribution < -0.4 is 16.2 Å². The van der Waals surface area contributed by atoms with Gasteiger partial charge in [-0.3, -0.25) is 10.4 Å². The number of nitrogens with one attached hydrogen (secondary N) is 3. The summed E-state index contributed by atoms with van der Waals surface area (Å²) in [6.07, 6.45) is 4.46. The molecule has 6 nitrogen and oxygen atoms in total. The maximum absolute atomic E-state index is 12.6. The number of urea groups is 1. The van der Waals surface area contributed by atoms with Gasteiger partial charge in [0.15, 0.2) is 5.82 Å². The van der Waals surface area contributed by atoms with Crippen molar-refractivity contribution in [2.45, 2.75) is 0 Å². The van der Waals surface area contributed by atoms with E-state index < -0.39 is 6.03 Å². The van der Waals surface area contributed by atoms with Gasteiger partial charge in [0.05, 0.1) is 6.20 Å². The average molecular weight is 247 g/mol. The molecule has 3 N–H and O–H groups in total. The third-order valence-corrected chi connectivity index (χ3v) is 1.97. The summed E-state index contributed by atoms with van der Waals surface area (Å²) >= 11 is 0. The normalized spacial score (nSPS) is 9.61. The van der Waals surface area contributed by atoms with E-state index in [0.717, 1.165) is 0 Å². The molecule has 0 saturated carbocycles. The van der Waals surface area contributed by atoms with Crippen LogP contribution in [0.5, 0.6) is 0 Å². The molecule has 92 valence electrons. The summed E-state index contributed by atoms with van der Waals surface area (Å²) in [4.78, 5) is 19.2. The van der Waals surface area contributed by atoms with Gasteiger partial charge in [-0.2, -0.15) is 0 Å². The molecule has 1 aromatic heterocycles. The van der Waals surface area contributed by atoms with E-state index in [4.69, 9.17) is 0 Å². The van der Waals surface area contributed by atoms with Crippen molar-refractivity contribution in [3.63, 3.8) is 0 Å². The first-order valence-electron chi connectivity index (χ1n) is 5.08. The van der Waals surface area contributed by atoms with Crippen molar-refractivity contribution in [3.8, 4) is 0 Å². The number of halogens is 1. The predicted octanol–water partition coefficient (Wildman–Crippen LogP) is 1.76. The Balaban J connectivity index is 1.84. The lowest BCUT2D eigenvalue weighted by molar-refractivity contribution is 0.254. The van der Waals surface area contributed by atoms with Gasteiger partial charge in [0, 0.05) is 18.1 Å². The Bertz CT molecular complexity index is 517. The fourth-order valence-corrected chi connectivity index (χ4v) is 1.18. The first-order valence-corrected chi connectivity index (χ1v) is 5.08. The zero-order valence-electron chi connectivity index (χ0n) is 9.22. The predicted molar refractivity (Wildman–Crippen MR) is 64.2 cm³/mol. The number of amides is 2. The summed E-state index contributed by atoms with van der Waals surface area (Å²) in [5.74, 6) is 0.0467. The largest absolute Gasteiger partial charge is 0.337 e. The summed E-state index contributed by atoms with van der Waals surface area (Å²) in [6.45, 7) is 0. The Kier molecular flexibility index (Phi) is 3.65. The van der Waals surface area contributed by atoms with E-state index in [1.165, 1.54) is 42.9 Å². The van der Waals surface area contributed by atoms with Crippen molar-refractivity contribution in [2.75, 3.05) is 10.7 Å². The van der Waals surface area contributed by atoms with Crippen LogP contribution in [-0.4, -0.2) is 16.0 Å². The van der Waals surface area contributed by atoms with Crippen molar-refractivity contribution >= 4 is 17.5 Å². The van der Waals surface area contributed by atoms with Crippen molar-refractivity contribution in [1.82, 2.24) is 15.4 Å². The van der Waals surface area contributed by atoms with Gasteiger partial charge >= 0.3 is 6.03 Å². The molecule has 2 amide bonds. The van der Waals surface area contributed by atoms with Crippen LogP contribution in [0.4, 0.5) is 20.7 Å². The van der Waals surface area contributed by atoms with Gasteiger partial charge in [-0.1, -0.05) is 0 Å². The highest BCUT2D eigenvalue weighted by Crippen LogP contribution is 2.07. The van der Waals surface area contributed by atoms with Crippen LogP contribution in [0.1, 0.15) is 0 Å². The van der Waals surface area contributed by atoms with Gasteiger partial charge < -0.3 is 5.32 Å². The van der Waals surface area contributed by atoms with Crippen LogP contribution in [0.25, 0.3) is 0 Å². The highest BCUT2D eigenvalue weighted by molar-refractivity contribution is 5.89.